The summed E-state index contributed by atoms with van der Waals surface area (Å²) < 4.78 is 34.4. The van der Waals surface area contributed by atoms with Gasteiger partial charge in [0.25, 0.3) is 0 Å². The molecule has 1 amide bonds. The lowest BCUT2D eigenvalue weighted by Gasteiger charge is -2.30. The van der Waals surface area contributed by atoms with Crippen LogP contribution in [0.4, 0.5) is 0 Å². The molecule has 1 aromatic heterocycles. The zero-order chi connectivity index (χ0) is 24.8. The summed E-state index contributed by atoms with van der Waals surface area (Å²) in [5, 5.41) is 3.20. The molecule has 9 heteroatoms. The Balaban J connectivity index is 1.79. The minimum absolute atomic E-state index is 0.0342. The monoisotopic (exact) mass is 509 g/mol. The molecule has 0 aliphatic heterocycles. The molecule has 0 bridgehead atoms. The van der Waals surface area contributed by atoms with E-state index in [1.807, 2.05) is 6.07 Å². The number of nitrogens with zero attached hydrogens (tertiary/aromatic N) is 2. The van der Waals surface area contributed by atoms with Gasteiger partial charge in [0.15, 0.2) is 0 Å². The molecule has 1 N–H and O–H groups in total. The number of amides is 1. The summed E-state index contributed by atoms with van der Waals surface area (Å²) in [5.41, 5.74) is 2.02. The summed E-state index contributed by atoms with van der Waals surface area (Å²) in [5.74, 6) is 0.0549. The van der Waals surface area contributed by atoms with Crippen LogP contribution in [-0.4, -0.2) is 30.2 Å². The minimum atomic E-state index is -4.10. The first-order chi connectivity index (χ1) is 16.9. The van der Waals surface area contributed by atoms with Crippen molar-refractivity contribution in [2.24, 2.45) is 0 Å². The summed E-state index contributed by atoms with van der Waals surface area (Å²) in [6, 6.07) is 20.9. The predicted molar refractivity (Wildman–Crippen MR) is 134 cm³/mol. The van der Waals surface area contributed by atoms with Gasteiger partial charge in [0.05, 0.1) is 11.1 Å². The predicted octanol–water partition coefficient (Wildman–Crippen LogP) is 5.06. The number of carbonyl (C=O) groups is 1. The van der Waals surface area contributed by atoms with Gasteiger partial charge >= 0.3 is 0 Å². The second-order valence-electron chi connectivity index (χ2n) is 7.75. The van der Waals surface area contributed by atoms with E-state index in [9.17, 15) is 13.2 Å². The van der Waals surface area contributed by atoms with E-state index in [-0.39, 0.29) is 11.4 Å². The number of oxazole rings is 1. The van der Waals surface area contributed by atoms with Gasteiger partial charge in [-0.2, -0.15) is 4.31 Å². The molecule has 0 fully saturated rings. The summed E-state index contributed by atoms with van der Waals surface area (Å²) in [4.78, 5) is 17.4. The van der Waals surface area contributed by atoms with Crippen molar-refractivity contribution in [3.63, 3.8) is 0 Å². The Morgan fingerprint density at radius 3 is 2.31 bits per heavy atom. The highest BCUT2D eigenvalue weighted by Crippen LogP contribution is 2.31. The number of rotatable bonds is 9. The number of hydrogen-bond acceptors (Lipinski definition) is 5. The van der Waals surface area contributed by atoms with E-state index in [0.717, 1.165) is 5.56 Å². The van der Waals surface area contributed by atoms with Crippen LogP contribution in [0.15, 0.2) is 101 Å². The number of carbonyl (C=O) groups excluding carboxylic acids is 1. The first kappa shape index (κ1) is 24.7. The fourth-order valence-electron chi connectivity index (χ4n) is 3.71. The lowest BCUT2D eigenvalue weighted by atomic mass is 10.1. The Hall–Kier alpha value is -3.46. The molecule has 1 atom stereocenters. The molecule has 4 rings (SSSR count). The summed E-state index contributed by atoms with van der Waals surface area (Å²) >= 11 is 5.99. The number of halogens is 1. The molecule has 0 saturated carbocycles. The van der Waals surface area contributed by atoms with Crippen LogP contribution in [-0.2, 0) is 21.4 Å². The van der Waals surface area contributed by atoms with Gasteiger partial charge in [-0.25, -0.2) is 13.4 Å². The van der Waals surface area contributed by atoms with Gasteiger partial charge in [0.2, 0.25) is 21.8 Å². The van der Waals surface area contributed by atoms with E-state index in [4.69, 9.17) is 16.0 Å². The van der Waals surface area contributed by atoms with Gasteiger partial charge in [-0.3, -0.25) is 4.79 Å². The molecule has 1 heterocycles. The fraction of sp³-hybridized carbons (Fsp3) is 0.154. The Bertz CT molecular complexity index is 1360. The quantitative estimate of drug-likeness (QED) is 0.340. The number of benzene rings is 3. The van der Waals surface area contributed by atoms with Crippen molar-refractivity contribution in [3.8, 4) is 11.5 Å². The maximum absolute atomic E-state index is 13.9. The van der Waals surface area contributed by atoms with Crippen LogP contribution < -0.4 is 5.32 Å². The smallest absolute Gasteiger partial charge is 0.244 e. The van der Waals surface area contributed by atoms with Gasteiger partial charge in [-0.05, 0) is 54.4 Å². The molecule has 0 aliphatic rings. The molecule has 0 radical (unpaired) electrons. The van der Waals surface area contributed by atoms with E-state index in [1.54, 1.807) is 61.7 Å². The highest BCUT2D eigenvalue weighted by Gasteiger charge is 2.37. The van der Waals surface area contributed by atoms with Crippen molar-refractivity contribution in [1.29, 1.82) is 0 Å². The molecule has 180 valence electrons. The topological polar surface area (TPSA) is 92.5 Å². The maximum atomic E-state index is 13.9. The SMILES string of the molecule is CCNC(=O)[C@@H](c1ccccc1)N(Cc1ccc(-c2ncco2)cc1)S(=O)(=O)c1ccc(Cl)cc1. The van der Waals surface area contributed by atoms with Crippen LogP contribution in [0.2, 0.25) is 5.02 Å². The third-order valence-electron chi connectivity index (χ3n) is 5.39. The molecule has 0 saturated heterocycles. The zero-order valence-electron chi connectivity index (χ0n) is 19.0. The highest BCUT2D eigenvalue weighted by molar-refractivity contribution is 7.89. The number of likely N-dealkylation sites (N-methyl/N-ethyl adjacent to an activating group) is 1. The Morgan fingerprint density at radius 1 is 1.03 bits per heavy atom. The summed E-state index contributed by atoms with van der Waals surface area (Å²) in [6.45, 7) is 2.12. The van der Waals surface area contributed by atoms with Gasteiger partial charge < -0.3 is 9.73 Å². The van der Waals surface area contributed by atoms with Crippen LogP contribution in [0.25, 0.3) is 11.5 Å². The Kier molecular flexibility index (Phi) is 7.65. The third-order valence-corrected chi connectivity index (χ3v) is 7.47. The fourth-order valence-corrected chi connectivity index (χ4v) is 5.40. The van der Waals surface area contributed by atoms with E-state index in [0.29, 0.717) is 28.6 Å². The number of sulfonamides is 1. The second-order valence-corrected chi connectivity index (χ2v) is 10.1. The number of hydrogen-bond donors (Lipinski definition) is 1. The molecule has 0 spiro atoms. The van der Waals surface area contributed by atoms with Crippen LogP contribution in [0.1, 0.15) is 24.1 Å². The average Bonchev–Trinajstić information content (AvgIpc) is 3.40. The van der Waals surface area contributed by atoms with Gasteiger partial charge in [-0.15, -0.1) is 0 Å². The van der Waals surface area contributed by atoms with Crippen molar-refractivity contribution in [2.75, 3.05) is 6.54 Å². The molecule has 35 heavy (non-hydrogen) atoms. The standard InChI is InChI=1S/C26H24ClN3O4S/c1-2-28-25(31)24(20-6-4-3-5-7-20)30(35(32,33)23-14-12-22(27)13-15-23)18-19-8-10-21(11-9-19)26-29-16-17-34-26/h3-17,24H,2,18H2,1H3,(H,28,31)/t24-/m1/s1. The average molecular weight is 510 g/mol. The van der Waals surface area contributed by atoms with E-state index >= 15 is 0 Å². The van der Waals surface area contributed by atoms with Crippen LogP contribution >= 0.6 is 11.6 Å². The molecule has 4 aromatic rings. The summed E-state index contributed by atoms with van der Waals surface area (Å²) in [7, 11) is -4.10. The first-order valence-corrected chi connectivity index (χ1v) is 12.8. The van der Waals surface area contributed by atoms with E-state index in [1.165, 1.54) is 34.8 Å². The number of aromatic nitrogens is 1. The molecular formula is C26H24ClN3O4S. The van der Waals surface area contributed by atoms with E-state index in [2.05, 4.69) is 10.3 Å². The molecule has 3 aromatic carbocycles. The van der Waals surface area contributed by atoms with Crippen molar-refractivity contribution in [1.82, 2.24) is 14.6 Å². The second kappa shape index (κ2) is 10.9. The van der Waals surface area contributed by atoms with E-state index < -0.39 is 22.0 Å². The van der Waals surface area contributed by atoms with Crippen LogP contribution in [0.3, 0.4) is 0 Å². The van der Waals surface area contributed by atoms with Crippen LogP contribution in [0.5, 0.6) is 0 Å². The maximum Gasteiger partial charge on any atom is 0.244 e. The van der Waals surface area contributed by atoms with Crippen molar-refractivity contribution >= 4 is 27.5 Å². The lowest BCUT2D eigenvalue weighted by molar-refractivity contribution is -0.125. The van der Waals surface area contributed by atoms with Crippen LogP contribution in [0, 0.1) is 0 Å². The zero-order valence-corrected chi connectivity index (χ0v) is 20.5. The van der Waals surface area contributed by atoms with Gasteiger partial charge in [-0.1, -0.05) is 54.1 Å². The summed E-state index contributed by atoms with van der Waals surface area (Å²) in [6.07, 6.45) is 3.04. The number of nitrogens with one attached hydrogen (secondary N) is 1. The Morgan fingerprint density at radius 2 is 1.71 bits per heavy atom. The van der Waals surface area contributed by atoms with Crippen molar-refractivity contribution < 1.29 is 17.6 Å². The molecular weight excluding hydrogens is 486 g/mol. The van der Waals surface area contributed by atoms with Gasteiger partial charge in [0, 0.05) is 23.7 Å². The normalized spacial score (nSPS) is 12.4. The van der Waals surface area contributed by atoms with Gasteiger partial charge in [0.1, 0.15) is 12.3 Å². The highest BCUT2D eigenvalue weighted by atomic mass is 35.5. The molecule has 0 unspecified atom stereocenters. The lowest BCUT2D eigenvalue weighted by Crippen LogP contribution is -2.43. The van der Waals surface area contributed by atoms with Crippen molar-refractivity contribution in [3.05, 3.63) is 107 Å². The Labute approximate surface area is 209 Å². The third kappa shape index (κ3) is 5.62. The molecule has 0 aliphatic carbocycles. The first-order valence-electron chi connectivity index (χ1n) is 11.0. The largest absolute Gasteiger partial charge is 0.445 e. The molecule has 7 nitrogen and oxygen atoms in total. The van der Waals surface area contributed by atoms with Crippen molar-refractivity contribution in [2.45, 2.75) is 24.4 Å². The minimum Gasteiger partial charge on any atom is -0.445 e.